The van der Waals surface area contributed by atoms with Crippen LogP contribution in [0.15, 0.2) is 36.9 Å². The third kappa shape index (κ3) is 4.10. The number of rotatable bonds is 7. The van der Waals surface area contributed by atoms with E-state index in [1.54, 1.807) is 12.5 Å². The number of imidazole rings is 1. The van der Waals surface area contributed by atoms with Crippen LogP contribution in [-0.2, 0) is 13.1 Å². The van der Waals surface area contributed by atoms with Gasteiger partial charge in [-0.3, -0.25) is 0 Å². The maximum Gasteiger partial charge on any atom is 0.123 e. The fourth-order valence-corrected chi connectivity index (χ4v) is 1.93. The Kier molecular flexibility index (Phi) is 4.98. The monoisotopic (exact) mass is 259 g/mol. The summed E-state index contributed by atoms with van der Waals surface area (Å²) in [7, 11) is 0. The van der Waals surface area contributed by atoms with Crippen molar-refractivity contribution in [2.75, 3.05) is 13.2 Å². The minimum absolute atomic E-state index is 0.651. The number of aryl methyl sites for hydroxylation is 1. The van der Waals surface area contributed by atoms with Gasteiger partial charge in [0.2, 0.25) is 0 Å². The van der Waals surface area contributed by atoms with Crippen LogP contribution >= 0.6 is 0 Å². The molecule has 0 bridgehead atoms. The predicted molar refractivity (Wildman–Crippen MR) is 76.3 cm³/mol. The first-order valence-corrected chi connectivity index (χ1v) is 6.68. The topological polar surface area (TPSA) is 39.1 Å². The fraction of sp³-hybridized carbons (Fsp3) is 0.400. The van der Waals surface area contributed by atoms with Crippen LogP contribution in [0.5, 0.6) is 5.75 Å². The van der Waals surface area contributed by atoms with Gasteiger partial charge in [0.25, 0.3) is 0 Å². The predicted octanol–water partition coefficient (Wildman–Crippen LogP) is 2.38. The van der Waals surface area contributed by atoms with E-state index >= 15 is 0 Å². The normalized spacial score (nSPS) is 10.6. The standard InChI is InChI=1S/C15H21N3O/c1-3-16-11-14-10-13(2)4-5-15(14)19-9-8-18-7-6-17-12-18/h4-7,10,12,16H,3,8-9,11H2,1-2H3. The van der Waals surface area contributed by atoms with Crippen LogP contribution in [0.4, 0.5) is 0 Å². The van der Waals surface area contributed by atoms with Crippen LogP contribution in [0.25, 0.3) is 0 Å². The number of nitrogens with zero attached hydrogens (tertiary/aromatic N) is 2. The molecule has 0 amide bonds. The fourth-order valence-electron chi connectivity index (χ4n) is 1.93. The van der Waals surface area contributed by atoms with Gasteiger partial charge in [-0.15, -0.1) is 0 Å². The lowest BCUT2D eigenvalue weighted by Gasteiger charge is -2.13. The smallest absolute Gasteiger partial charge is 0.123 e. The quantitative estimate of drug-likeness (QED) is 0.829. The number of ether oxygens (including phenoxy) is 1. The molecule has 0 radical (unpaired) electrons. The van der Waals surface area contributed by atoms with Crippen LogP contribution in [0.3, 0.4) is 0 Å². The van der Waals surface area contributed by atoms with Crippen LogP contribution in [0.1, 0.15) is 18.1 Å². The highest BCUT2D eigenvalue weighted by atomic mass is 16.5. The van der Waals surface area contributed by atoms with Gasteiger partial charge in [0.15, 0.2) is 0 Å². The van der Waals surface area contributed by atoms with Gasteiger partial charge in [0.1, 0.15) is 12.4 Å². The van der Waals surface area contributed by atoms with E-state index in [1.807, 2.05) is 10.8 Å². The molecule has 0 fully saturated rings. The molecule has 19 heavy (non-hydrogen) atoms. The van der Waals surface area contributed by atoms with Gasteiger partial charge in [0, 0.05) is 24.5 Å². The molecule has 0 saturated carbocycles. The molecule has 2 rings (SSSR count). The second-order valence-corrected chi connectivity index (χ2v) is 4.54. The first-order chi connectivity index (χ1) is 9.29. The zero-order valence-corrected chi connectivity index (χ0v) is 11.6. The van der Waals surface area contributed by atoms with Crippen LogP contribution in [0.2, 0.25) is 0 Å². The van der Waals surface area contributed by atoms with Crippen molar-refractivity contribution in [3.05, 3.63) is 48.0 Å². The summed E-state index contributed by atoms with van der Waals surface area (Å²) in [5.41, 5.74) is 2.47. The number of nitrogens with one attached hydrogen (secondary N) is 1. The third-order valence-corrected chi connectivity index (χ3v) is 2.95. The highest BCUT2D eigenvalue weighted by molar-refractivity contribution is 5.36. The maximum atomic E-state index is 5.87. The SMILES string of the molecule is CCNCc1cc(C)ccc1OCCn1ccnc1. The minimum atomic E-state index is 0.651. The van der Waals surface area contributed by atoms with Crippen LogP contribution in [0, 0.1) is 6.92 Å². The summed E-state index contributed by atoms with van der Waals surface area (Å²) in [6, 6.07) is 6.31. The lowest BCUT2D eigenvalue weighted by molar-refractivity contribution is 0.294. The molecule has 0 aliphatic heterocycles. The van der Waals surface area contributed by atoms with Gasteiger partial charge in [-0.05, 0) is 19.5 Å². The van der Waals surface area contributed by atoms with E-state index in [2.05, 4.69) is 42.3 Å². The van der Waals surface area contributed by atoms with Crippen molar-refractivity contribution >= 4 is 0 Å². The molecule has 0 spiro atoms. The zero-order valence-electron chi connectivity index (χ0n) is 11.6. The molecule has 4 heteroatoms. The van der Waals surface area contributed by atoms with E-state index in [-0.39, 0.29) is 0 Å². The Morgan fingerprint density at radius 1 is 1.37 bits per heavy atom. The van der Waals surface area contributed by atoms with E-state index < -0.39 is 0 Å². The van der Waals surface area contributed by atoms with Gasteiger partial charge in [-0.2, -0.15) is 0 Å². The number of aromatic nitrogens is 2. The van der Waals surface area contributed by atoms with Crippen molar-refractivity contribution in [1.29, 1.82) is 0 Å². The van der Waals surface area contributed by atoms with Crippen molar-refractivity contribution in [2.24, 2.45) is 0 Å². The molecule has 0 unspecified atom stereocenters. The summed E-state index contributed by atoms with van der Waals surface area (Å²) in [4.78, 5) is 4.01. The van der Waals surface area contributed by atoms with Crippen molar-refractivity contribution in [3.63, 3.8) is 0 Å². The summed E-state index contributed by atoms with van der Waals surface area (Å²) in [6.45, 7) is 7.48. The van der Waals surface area contributed by atoms with Crippen LogP contribution < -0.4 is 10.1 Å². The first kappa shape index (κ1) is 13.6. The molecule has 0 aliphatic carbocycles. The summed E-state index contributed by atoms with van der Waals surface area (Å²) >= 11 is 0. The summed E-state index contributed by atoms with van der Waals surface area (Å²) in [5.74, 6) is 0.965. The number of benzene rings is 1. The molecule has 2 aromatic rings. The minimum Gasteiger partial charge on any atom is -0.491 e. The molecule has 0 atom stereocenters. The summed E-state index contributed by atoms with van der Waals surface area (Å²) < 4.78 is 7.89. The third-order valence-electron chi connectivity index (χ3n) is 2.95. The lowest BCUT2D eigenvalue weighted by Crippen LogP contribution is -2.14. The van der Waals surface area contributed by atoms with E-state index in [9.17, 15) is 0 Å². The Labute approximate surface area is 114 Å². The summed E-state index contributed by atoms with van der Waals surface area (Å²) in [5, 5.41) is 3.34. The van der Waals surface area contributed by atoms with Gasteiger partial charge in [-0.1, -0.05) is 24.6 Å². The Bertz CT molecular complexity index is 494. The average molecular weight is 259 g/mol. The Morgan fingerprint density at radius 3 is 3.00 bits per heavy atom. The van der Waals surface area contributed by atoms with Crippen molar-refractivity contribution in [1.82, 2.24) is 14.9 Å². The first-order valence-electron chi connectivity index (χ1n) is 6.68. The second kappa shape index (κ2) is 6.95. The van der Waals surface area contributed by atoms with Gasteiger partial charge >= 0.3 is 0 Å². The molecule has 102 valence electrons. The summed E-state index contributed by atoms with van der Waals surface area (Å²) in [6.07, 6.45) is 5.53. The molecule has 1 aromatic carbocycles. The number of hydrogen-bond acceptors (Lipinski definition) is 3. The van der Waals surface area contributed by atoms with Crippen molar-refractivity contribution in [3.8, 4) is 5.75 Å². The van der Waals surface area contributed by atoms with Gasteiger partial charge in [0.05, 0.1) is 12.9 Å². The molecule has 0 aliphatic rings. The van der Waals surface area contributed by atoms with E-state index in [1.165, 1.54) is 11.1 Å². The zero-order chi connectivity index (χ0) is 13.5. The highest BCUT2D eigenvalue weighted by Crippen LogP contribution is 2.20. The number of hydrogen-bond donors (Lipinski definition) is 1. The Balaban J connectivity index is 1.94. The molecule has 0 saturated heterocycles. The van der Waals surface area contributed by atoms with E-state index in [0.717, 1.165) is 25.4 Å². The van der Waals surface area contributed by atoms with E-state index in [4.69, 9.17) is 4.74 Å². The van der Waals surface area contributed by atoms with Gasteiger partial charge in [-0.25, -0.2) is 4.98 Å². The maximum absolute atomic E-state index is 5.87. The second-order valence-electron chi connectivity index (χ2n) is 4.54. The van der Waals surface area contributed by atoms with E-state index in [0.29, 0.717) is 6.61 Å². The molecular weight excluding hydrogens is 238 g/mol. The molecule has 1 N–H and O–H groups in total. The highest BCUT2D eigenvalue weighted by Gasteiger charge is 2.03. The largest absolute Gasteiger partial charge is 0.491 e. The Morgan fingerprint density at radius 2 is 2.26 bits per heavy atom. The average Bonchev–Trinajstić information content (AvgIpc) is 2.91. The lowest BCUT2D eigenvalue weighted by atomic mass is 10.1. The molecular formula is C15H21N3O. The molecule has 1 aromatic heterocycles. The molecule has 4 nitrogen and oxygen atoms in total. The Hall–Kier alpha value is -1.81. The van der Waals surface area contributed by atoms with Crippen molar-refractivity contribution in [2.45, 2.75) is 26.9 Å². The van der Waals surface area contributed by atoms with Crippen LogP contribution in [-0.4, -0.2) is 22.7 Å². The van der Waals surface area contributed by atoms with Crippen molar-refractivity contribution < 1.29 is 4.74 Å². The molecule has 1 heterocycles. The van der Waals surface area contributed by atoms with Gasteiger partial charge < -0.3 is 14.6 Å².